The van der Waals surface area contributed by atoms with E-state index in [0.29, 0.717) is 27.5 Å². The second kappa shape index (κ2) is 7.26. The number of amidine groups is 1. The summed E-state index contributed by atoms with van der Waals surface area (Å²) in [5.41, 5.74) is 0.690. The van der Waals surface area contributed by atoms with E-state index in [0.717, 1.165) is 4.90 Å². The number of nitrogens with zero attached hydrogens (tertiary/aromatic N) is 2. The molecule has 0 radical (unpaired) electrons. The zero-order valence-corrected chi connectivity index (χ0v) is 14.5. The first-order valence-corrected chi connectivity index (χ1v) is 8.04. The topological polar surface area (TPSA) is 81.9 Å². The molecule has 0 N–H and O–H groups in total. The number of ether oxygens (including phenoxy) is 2. The highest BCUT2D eigenvalue weighted by molar-refractivity contribution is 6.20. The minimum Gasteiger partial charge on any atom is -0.710 e. The summed E-state index contributed by atoms with van der Waals surface area (Å²) >= 11 is 0. The third kappa shape index (κ3) is 3.11. The molecule has 0 atom stereocenters. The highest BCUT2D eigenvalue weighted by atomic mass is 16.5. The van der Waals surface area contributed by atoms with Gasteiger partial charge in [0.15, 0.2) is 11.5 Å². The summed E-state index contributed by atoms with van der Waals surface area (Å²) in [6.07, 6.45) is 0.163. The number of carbonyl (C=O) groups excluding carboxylic acids is 2. The van der Waals surface area contributed by atoms with Gasteiger partial charge < -0.3 is 14.7 Å². The maximum atomic E-state index is 13.0. The van der Waals surface area contributed by atoms with Gasteiger partial charge in [0.25, 0.3) is 0 Å². The molecule has 0 unspecified atom stereocenters. The first-order chi connectivity index (χ1) is 12.6. The summed E-state index contributed by atoms with van der Waals surface area (Å²) in [7, 11) is 2.97. The standard InChI is InChI=1S/C19H18N2O5/c1-25-15-9-8-13(12-16(15)26-2)19(20-17(22)10-11-18(20)23)21(24)14-6-4-3-5-7-14/h3-9,12H,10-11H2,1-2H3/b21-19+. The molecule has 2 amide bonds. The number of imide groups is 1. The van der Waals surface area contributed by atoms with Crippen molar-refractivity contribution in [2.24, 2.45) is 0 Å². The number of amides is 2. The molecule has 1 aliphatic heterocycles. The molecule has 0 aromatic heterocycles. The van der Waals surface area contributed by atoms with Crippen LogP contribution in [-0.2, 0) is 9.59 Å². The fourth-order valence-electron chi connectivity index (χ4n) is 2.81. The molecule has 0 aliphatic carbocycles. The molecular weight excluding hydrogens is 336 g/mol. The van der Waals surface area contributed by atoms with Crippen LogP contribution in [0.2, 0.25) is 0 Å². The van der Waals surface area contributed by atoms with E-state index in [4.69, 9.17) is 9.47 Å². The molecule has 134 valence electrons. The predicted molar refractivity (Wildman–Crippen MR) is 94.5 cm³/mol. The Morgan fingerprint density at radius 3 is 2.15 bits per heavy atom. The van der Waals surface area contributed by atoms with Crippen molar-refractivity contribution in [3.63, 3.8) is 0 Å². The number of likely N-dealkylation sites (tertiary alicyclic amines) is 1. The monoisotopic (exact) mass is 354 g/mol. The third-order valence-corrected chi connectivity index (χ3v) is 4.09. The third-order valence-electron chi connectivity index (χ3n) is 4.09. The van der Waals surface area contributed by atoms with E-state index < -0.39 is 11.8 Å². The van der Waals surface area contributed by atoms with Crippen LogP contribution >= 0.6 is 0 Å². The Labute approximate surface area is 150 Å². The van der Waals surface area contributed by atoms with Crippen molar-refractivity contribution in [1.82, 2.24) is 4.90 Å². The van der Waals surface area contributed by atoms with Crippen molar-refractivity contribution < 1.29 is 23.8 Å². The molecular formula is C19H18N2O5. The van der Waals surface area contributed by atoms with Gasteiger partial charge in [-0.05, 0) is 30.3 Å². The van der Waals surface area contributed by atoms with Gasteiger partial charge in [-0.15, -0.1) is 4.90 Å². The van der Waals surface area contributed by atoms with Crippen LogP contribution in [0.15, 0.2) is 48.5 Å². The van der Waals surface area contributed by atoms with Gasteiger partial charge >= 0.3 is 17.6 Å². The molecule has 1 saturated heterocycles. The number of benzene rings is 2. The number of rotatable bonds is 4. The summed E-state index contributed by atoms with van der Waals surface area (Å²) in [5.74, 6) is 0.00711. The van der Waals surface area contributed by atoms with Crippen molar-refractivity contribution >= 4 is 23.3 Å². The van der Waals surface area contributed by atoms with Gasteiger partial charge in [-0.3, -0.25) is 0 Å². The van der Waals surface area contributed by atoms with Crippen molar-refractivity contribution in [3.8, 4) is 11.5 Å². The Bertz CT molecular complexity index is 861. The highest BCUT2D eigenvalue weighted by Crippen LogP contribution is 2.29. The van der Waals surface area contributed by atoms with E-state index in [1.54, 1.807) is 48.5 Å². The Balaban J connectivity index is 2.22. The normalized spacial score (nSPS) is 15.1. The van der Waals surface area contributed by atoms with Crippen molar-refractivity contribution in [3.05, 3.63) is 59.3 Å². The van der Waals surface area contributed by atoms with Crippen LogP contribution in [0, 0.1) is 5.21 Å². The van der Waals surface area contributed by atoms with Crippen LogP contribution in [0.1, 0.15) is 18.4 Å². The highest BCUT2D eigenvalue weighted by Gasteiger charge is 2.42. The zero-order valence-electron chi connectivity index (χ0n) is 14.5. The van der Waals surface area contributed by atoms with Gasteiger partial charge in [-0.25, -0.2) is 14.3 Å². The average molecular weight is 354 g/mol. The molecule has 1 fully saturated rings. The summed E-state index contributed by atoms with van der Waals surface area (Å²) in [4.78, 5) is 25.5. The summed E-state index contributed by atoms with van der Waals surface area (Å²) in [6, 6.07) is 13.2. The molecule has 0 saturated carbocycles. The summed E-state index contributed by atoms with van der Waals surface area (Å²) in [6.45, 7) is 0. The molecule has 3 rings (SSSR count). The van der Waals surface area contributed by atoms with Crippen LogP contribution in [0.4, 0.5) is 5.69 Å². The van der Waals surface area contributed by atoms with E-state index in [1.165, 1.54) is 14.2 Å². The molecule has 1 aliphatic rings. The molecule has 2 aromatic rings. The lowest BCUT2D eigenvalue weighted by Crippen LogP contribution is -2.40. The second-order valence-electron chi connectivity index (χ2n) is 5.65. The lowest BCUT2D eigenvalue weighted by molar-refractivity contribution is -0.365. The fourth-order valence-corrected chi connectivity index (χ4v) is 2.81. The number of carbonyl (C=O) groups is 2. The van der Waals surface area contributed by atoms with E-state index in [9.17, 15) is 14.8 Å². The largest absolute Gasteiger partial charge is 0.710 e. The number of hydrogen-bond donors (Lipinski definition) is 0. The summed E-state index contributed by atoms with van der Waals surface area (Å²) in [5, 5.41) is 13.0. The van der Waals surface area contributed by atoms with Crippen LogP contribution in [0.3, 0.4) is 0 Å². The minimum atomic E-state index is -0.406. The van der Waals surface area contributed by atoms with Gasteiger partial charge in [0.1, 0.15) is 5.69 Å². The number of methoxy groups -OCH3 is 2. The zero-order chi connectivity index (χ0) is 18.7. The first-order valence-electron chi connectivity index (χ1n) is 8.04. The molecule has 1 heterocycles. The Kier molecular flexibility index (Phi) is 4.88. The second-order valence-corrected chi connectivity index (χ2v) is 5.65. The van der Waals surface area contributed by atoms with Gasteiger partial charge in [0.05, 0.1) is 32.6 Å². The smallest absolute Gasteiger partial charge is 0.317 e. The first kappa shape index (κ1) is 17.5. The van der Waals surface area contributed by atoms with Crippen LogP contribution < -0.4 is 9.47 Å². The van der Waals surface area contributed by atoms with Crippen molar-refractivity contribution in [1.29, 1.82) is 0 Å². The van der Waals surface area contributed by atoms with Crippen molar-refractivity contribution in [2.45, 2.75) is 12.8 Å². The fraction of sp³-hybridized carbons (Fsp3) is 0.211. The molecule has 0 bridgehead atoms. The Morgan fingerprint density at radius 1 is 0.962 bits per heavy atom. The maximum absolute atomic E-state index is 13.0. The van der Waals surface area contributed by atoms with E-state index >= 15 is 0 Å². The number of para-hydroxylation sites is 1. The molecule has 7 heteroatoms. The van der Waals surface area contributed by atoms with E-state index in [2.05, 4.69) is 0 Å². The SMILES string of the molecule is COc1ccc(/C(N2C(=O)CCC2=O)=[N+](\[O-])c2ccccc2)cc1OC. The Morgan fingerprint density at radius 2 is 1.58 bits per heavy atom. The molecule has 2 aromatic carbocycles. The lowest BCUT2D eigenvalue weighted by atomic mass is 10.1. The lowest BCUT2D eigenvalue weighted by Gasteiger charge is -2.19. The Hall–Kier alpha value is -3.35. The maximum Gasteiger partial charge on any atom is 0.317 e. The van der Waals surface area contributed by atoms with E-state index in [1.807, 2.05) is 0 Å². The molecule has 26 heavy (non-hydrogen) atoms. The van der Waals surface area contributed by atoms with E-state index in [-0.39, 0.29) is 18.7 Å². The van der Waals surface area contributed by atoms with Gasteiger partial charge in [0.2, 0.25) is 0 Å². The average Bonchev–Trinajstić information content (AvgIpc) is 3.01. The molecule has 7 nitrogen and oxygen atoms in total. The molecule has 0 spiro atoms. The van der Waals surface area contributed by atoms with Crippen LogP contribution in [-0.4, -0.2) is 41.5 Å². The predicted octanol–water partition coefficient (Wildman–Crippen LogP) is 2.44. The summed E-state index contributed by atoms with van der Waals surface area (Å²) < 4.78 is 11.1. The van der Waals surface area contributed by atoms with Crippen LogP contribution in [0.25, 0.3) is 0 Å². The van der Waals surface area contributed by atoms with Crippen molar-refractivity contribution in [2.75, 3.05) is 14.2 Å². The minimum absolute atomic E-state index is 0.0512. The van der Waals surface area contributed by atoms with Gasteiger partial charge in [-0.1, -0.05) is 18.2 Å². The number of hydrogen-bond acceptors (Lipinski definition) is 5. The van der Waals surface area contributed by atoms with Gasteiger partial charge in [-0.2, -0.15) is 0 Å². The van der Waals surface area contributed by atoms with Gasteiger partial charge in [0, 0.05) is 0 Å². The quantitative estimate of drug-likeness (QED) is 0.210. The van der Waals surface area contributed by atoms with Crippen LogP contribution in [0.5, 0.6) is 11.5 Å².